The Morgan fingerprint density at radius 1 is 1.80 bits per heavy atom. The van der Waals surface area contributed by atoms with Crippen LogP contribution in [0.4, 0.5) is 4.39 Å². The molecule has 0 aliphatic heterocycles. The molecule has 0 fully saturated rings. The van der Waals surface area contributed by atoms with Gasteiger partial charge in [-0.2, -0.15) is 0 Å². The fourth-order valence-corrected chi connectivity index (χ4v) is 1.13. The summed E-state index contributed by atoms with van der Waals surface area (Å²) in [5.41, 5.74) is 0. The average molecular weight is 166 g/mol. The van der Waals surface area contributed by atoms with Crippen molar-refractivity contribution >= 4 is 17.7 Å². The van der Waals surface area contributed by atoms with Gasteiger partial charge in [0.25, 0.3) is 0 Å². The van der Waals surface area contributed by atoms with Gasteiger partial charge < -0.3 is 4.74 Å². The minimum Gasteiger partial charge on any atom is -0.468 e. The number of ether oxygens (including phenoxy) is 1. The lowest BCUT2D eigenvalue weighted by Gasteiger charge is -2.05. The third-order valence-electron chi connectivity index (χ3n) is 0.978. The first kappa shape index (κ1) is 9.75. The number of methoxy groups -OCH3 is 1. The van der Waals surface area contributed by atoms with Crippen molar-refractivity contribution in [1.82, 2.24) is 0 Å². The normalized spacial score (nSPS) is 12.7. The number of carbonyl (C=O) groups excluding carboxylic acids is 1. The zero-order valence-electron chi connectivity index (χ0n) is 6.09. The standard InChI is InChI=1S/C6H11FO2S/c1-5(6(8)9-2)10-4-3-7/h5H,3-4H2,1-2H3. The monoisotopic (exact) mass is 166 g/mol. The van der Waals surface area contributed by atoms with Crippen LogP contribution in [-0.4, -0.2) is 30.8 Å². The summed E-state index contributed by atoms with van der Waals surface area (Å²) >= 11 is 1.26. The molecule has 0 amide bonds. The van der Waals surface area contributed by atoms with Crippen molar-refractivity contribution in [3.63, 3.8) is 0 Å². The van der Waals surface area contributed by atoms with Crippen LogP contribution in [0.5, 0.6) is 0 Å². The molecular formula is C6H11FO2S. The molecule has 1 atom stereocenters. The minimum absolute atomic E-state index is 0.249. The maximum Gasteiger partial charge on any atom is 0.318 e. The second-order valence-corrected chi connectivity index (χ2v) is 3.17. The quantitative estimate of drug-likeness (QED) is 0.588. The van der Waals surface area contributed by atoms with Gasteiger partial charge in [0.1, 0.15) is 0 Å². The number of hydrogen-bond acceptors (Lipinski definition) is 3. The van der Waals surface area contributed by atoms with Crippen LogP contribution in [0.3, 0.4) is 0 Å². The number of carbonyl (C=O) groups is 1. The van der Waals surface area contributed by atoms with Crippen LogP contribution in [0.1, 0.15) is 6.92 Å². The second-order valence-electron chi connectivity index (χ2n) is 1.73. The molecule has 2 nitrogen and oxygen atoms in total. The van der Waals surface area contributed by atoms with Crippen molar-refractivity contribution < 1.29 is 13.9 Å². The Morgan fingerprint density at radius 3 is 2.80 bits per heavy atom. The summed E-state index contributed by atoms with van der Waals surface area (Å²) in [5, 5.41) is -0.249. The van der Waals surface area contributed by atoms with Crippen molar-refractivity contribution in [2.24, 2.45) is 0 Å². The Morgan fingerprint density at radius 2 is 2.40 bits per heavy atom. The van der Waals surface area contributed by atoms with Gasteiger partial charge in [-0.3, -0.25) is 9.18 Å². The molecule has 1 unspecified atom stereocenters. The molecule has 0 aromatic carbocycles. The van der Waals surface area contributed by atoms with E-state index in [0.717, 1.165) is 0 Å². The Hall–Kier alpha value is -0.250. The molecule has 10 heavy (non-hydrogen) atoms. The summed E-state index contributed by atoms with van der Waals surface area (Å²) < 4.78 is 16.0. The summed E-state index contributed by atoms with van der Waals surface area (Å²) in [5.74, 6) is 0.0643. The van der Waals surface area contributed by atoms with Gasteiger partial charge in [-0.15, -0.1) is 11.8 Å². The van der Waals surface area contributed by atoms with Gasteiger partial charge in [0.15, 0.2) is 0 Å². The first-order valence-corrected chi connectivity index (χ1v) is 4.02. The topological polar surface area (TPSA) is 26.3 Å². The zero-order valence-corrected chi connectivity index (χ0v) is 6.91. The Bertz CT molecular complexity index is 108. The lowest BCUT2D eigenvalue weighted by atomic mass is 10.5. The molecule has 0 N–H and O–H groups in total. The summed E-state index contributed by atoms with van der Waals surface area (Å²) in [6.07, 6.45) is 0. The van der Waals surface area contributed by atoms with Crippen LogP contribution in [0.15, 0.2) is 0 Å². The van der Waals surface area contributed by atoms with Gasteiger partial charge in [-0.05, 0) is 6.92 Å². The summed E-state index contributed by atoms with van der Waals surface area (Å²) in [7, 11) is 1.33. The number of halogens is 1. The predicted molar refractivity (Wildman–Crippen MR) is 39.9 cm³/mol. The molecule has 0 saturated heterocycles. The van der Waals surface area contributed by atoms with E-state index in [9.17, 15) is 9.18 Å². The highest BCUT2D eigenvalue weighted by molar-refractivity contribution is 8.00. The van der Waals surface area contributed by atoms with Crippen LogP contribution < -0.4 is 0 Å². The van der Waals surface area contributed by atoms with E-state index in [1.54, 1.807) is 6.92 Å². The predicted octanol–water partition coefficient (Wildman–Crippen LogP) is 1.25. The first-order valence-electron chi connectivity index (χ1n) is 2.97. The Balaban J connectivity index is 3.41. The summed E-state index contributed by atoms with van der Waals surface area (Å²) in [6, 6.07) is 0. The number of hydrogen-bond donors (Lipinski definition) is 0. The van der Waals surface area contributed by atoms with Crippen molar-refractivity contribution in [2.45, 2.75) is 12.2 Å². The lowest BCUT2D eigenvalue weighted by molar-refractivity contribution is -0.139. The van der Waals surface area contributed by atoms with Crippen molar-refractivity contribution in [2.75, 3.05) is 19.5 Å². The smallest absolute Gasteiger partial charge is 0.318 e. The van der Waals surface area contributed by atoms with Crippen LogP contribution in [0, 0.1) is 0 Å². The molecule has 0 aliphatic carbocycles. The van der Waals surface area contributed by atoms with Gasteiger partial charge in [0, 0.05) is 5.75 Å². The highest BCUT2D eigenvalue weighted by Gasteiger charge is 2.11. The van der Waals surface area contributed by atoms with Gasteiger partial charge >= 0.3 is 5.97 Å². The third kappa shape index (κ3) is 3.71. The molecule has 0 aromatic rings. The third-order valence-corrected chi connectivity index (χ3v) is 2.06. The number of thioether (sulfide) groups is 1. The summed E-state index contributed by atoms with van der Waals surface area (Å²) in [6.45, 7) is 1.30. The fourth-order valence-electron chi connectivity index (χ4n) is 0.455. The molecule has 0 aromatic heterocycles. The van der Waals surface area contributed by atoms with Crippen molar-refractivity contribution in [1.29, 1.82) is 0 Å². The second kappa shape index (κ2) is 5.53. The van der Waals surface area contributed by atoms with Crippen LogP contribution in [-0.2, 0) is 9.53 Å². The van der Waals surface area contributed by atoms with Crippen molar-refractivity contribution in [3.05, 3.63) is 0 Å². The van der Waals surface area contributed by atoms with Crippen LogP contribution in [0.25, 0.3) is 0 Å². The number of rotatable bonds is 4. The first-order chi connectivity index (χ1) is 4.72. The molecule has 4 heteroatoms. The molecule has 0 heterocycles. The fraction of sp³-hybridized carbons (Fsp3) is 0.833. The SMILES string of the molecule is COC(=O)C(C)SCCF. The number of alkyl halides is 1. The number of esters is 1. The summed E-state index contributed by atoms with van der Waals surface area (Å²) in [4.78, 5) is 10.7. The van der Waals surface area contributed by atoms with Crippen LogP contribution >= 0.6 is 11.8 Å². The van der Waals surface area contributed by atoms with Gasteiger partial charge in [0.2, 0.25) is 0 Å². The highest BCUT2D eigenvalue weighted by Crippen LogP contribution is 2.10. The highest BCUT2D eigenvalue weighted by atomic mass is 32.2. The average Bonchev–Trinajstić information content (AvgIpc) is 1.98. The molecule has 0 spiro atoms. The molecule has 0 bridgehead atoms. The lowest BCUT2D eigenvalue weighted by Crippen LogP contribution is -2.15. The van der Waals surface area contributed by atoms with E-state index in [0.29, 0.717) is 5.75 Å². The molecule has 0 rings (SSSR count). The van der Waals surface area contributed by atoms with E-state index in [1.165, 1.54) is 18.9 Å². The molecule has 0 saturated carbocycles. The molecule has 60 valence electrons. The van der Waals surface area contributed by atoms with Gasteiger partial charge in [0.05, 0.1) is 19.0 Å². The minimum atomic E-state index is -0.397. The van der Waals surface area contributed by atoms with E-state index in [1.807, 2.05) is 0 Å². The van der Waals surface area contributed by atoms with Crippen molar-refractivity contribution in [3.8, 4) is 0 Å². The molecular weight excluding hydrogens is 155 g/mol. The maximum absolute atomic E-state index is 11.5. The largest absolute Gasteiger partial charge is 0.468 e. The van der Waals surface area contributed by atoms with E-state index in [4.69, 9.17) is 0 Å². The van der Waals surface area contributed by atoms with E-state index < -0.39 is 6.67 Å². The Kier molecular flexibility index (Phi) is 5.39. The van der Waals surface area contributed by atoms with E-state index in [2.05, 4.69) is 4.74 Å². The van der Waals surface area contributed by atoms with E-state index >= 15 is 0 Å². The zero-order chi connectivity index (χ0) is 7.98. The van der Waals surface area contributed by atoms with Gasteiger partial charge in [-0.1, -0.05) is 0 Å². The maximum atomic E-state index is 11.5. The van der Waals surface area contributed by atoms with Gasteiger partial charge in [-0.25, -0.2) is 0 Å². The van der Waals surface area contributed by atoms with E-state index in [-0.39, 0.29) is 11.2 Å². The molecule has 0 radical (unpaired) electrons. The Labute approximate surface area is 64.1 Å². The molecule has 0 aliphatic rings. The van der Waals surface area contributed by atoms with Crippen LogP contribution in [0.2, 0.25) is 0 Å².